The van der Waals surface area contributed by atoms with Crippen molar-refractivity contribution in [2.24, 2.45) is 7.05 Å². The zero-order chi connectivity index (χ0) is 14.0. The van der Waals surface area contributed by atoms with Crippen LogP contribution in [0.5, 0.6) is 0 Å². The maximum absolute atomic E-state index is 13.1. The molecular weight excluding hydrogens is 266 g/mol. The van der Waals surface area contributed by atoms with E-state index in [9.17, 15) is 14.4 Å². The maximum Gasteiger partial charge on any atom is 0.488 e. The van der Waals surface area contributed by atoms with Gasteiger partial charge in [0.25, 0.3) is 0 Å². The van der Waals surface area contributed by atoms with Crippen molar-refractivity contribution < 1.29 is 14.4 Å². The van der Waals surface area contributed by atoms with Crippen molar-refractivity contribution in [2.75, 3.05) is 0 Å². The van der Waals surface area contributed by atoms with Crippen molar-refractivity contribution in [2.45, 2.75) is 17.7 Å². The van der Waals surface area contributed by atoms with Crippen molar-refractivity contribution in [3.8, 4) is 0 Å². The average Bonchev–Trinajstić information content (AvgIpc) is 2.66. The van der Waals surface area contributed by atoms with Crippen LogP contribution in [-0.2, 0) is 12.8 Å². The fourth-order valence-corrected chi connectivity index (χ4v) is 2.86. The summed E-state index contributed by atoms with van der Waals surface area (Å²) in [5.74, 6) is 0.0416. The van der Waals surface area contributed by atoms with Crippen LogP contribution in [0.25, 0.3) is 0 Å². The van der Waals surface area contributed by atoms with Crippen molar-refractivity contribution in [1.29, 1.82) is 0 Å². The zero-order valence-electron chi connectivity index (χ0n) is 10.7. The number of nitrogens with zero attached hydrogens (tertiary/aromatic N) is 2. The molecule has 100 valence electrons. The number of benzene rings is 1. The quantitative estimate of drug-likeness (QED) is 0.643. The highest BCUT2D eigenvalue weighted by Crippen LogP contribution is 2.22. The highest BCUT2D eigenvalue weighted by molar-refractivity contribution is 7.98. The van der Waals surface area contributed by atoms with Crippen LogP contribution >= 0.6 is 11.8 Å². The molecule has 7 heteroatoms. The van der Waals surface area contributed by atoms with Gasteiger partial charge in [-0.05, 0) is 36.1 Å². The molecule has 0 amide bonds. The minimum atomic E-state index is -1.67. The van der Waals surface area contributed by atoms with Gasteiger partial charge in [0.2, 0.25) is 0 Å². The van der Waals surface area contributed by atoms with Gasteiger partial charge in [0.1, 0.15) is 5.82 Å². The summed E-state index contributed by atoms with van der Waals surface area (Å²) in [5.41, 5.74) is 1.82. The van der Waals surface area contributed by atoms with Gasteiger partial charge in [0, 0.05) is 12.8 Å². The van der Waals surface area contributed by atoms with E-state index in [1.54, 1.807) is 10.7 Å². The monoisotopic (exact) mass is 280 g/mol. The lowest BCUT2D eigenvalue weighted by Crippen LogP contribution is -2.33. The Morgan fingerprint density at radius 2 is 2.11 bits per heavy atom. The third kappa shape index (κ3) is 3.37. The fraction of sp³-hybridized carbons (Fsp3) is 0.250. The molecule has 0 aliphatic carbocycles. The van der Waals surface area contributed by atoms with Gasteiger partial charge in [-0.3, -0.25) is 4.68 Å². The SMILES string of the molecule is Cc1cc(SCc2ccc(F)cc2B(O)O)n(C)n1. The van der Waals surface area contributed by atoms with Crippen molar-refractivity contribution >= 4 is 24.3 Å². The third-order valence-electron chi connectivity index (χ3n) is 2.72. The zero-order valence-corrected chi connectivity index (χ0v) is 11.5. The van der Waals surface area contributed by atoms with Crippen molar-refractivity contribution in [3.63, 3.8) is 0 Å². The average molecular weight is 280 g/mol. The van der Waals surface area contributed by atoms with Crippen LogP contribution in [0.3, 0.4) is 0 Å². The number of thioether (sulfide) groups is 1. The standard InChI is InChI=1S/C12H14BFN2O2S/c1-8-5-12(16(2)15-8)19-7-9-3-4-10(14)6-11(9)13(17)18/h3-6,17-18H,7H2,1-2H3. The molecule has 0 radical (unpaired) electrons. The first-order valence-corrected chi connectivity index (χ1v) is 6.74. The number of aromatic nitrogens is 2. The predicted octanol–water partition coefficient (Wildman–Crippen LogP) is 0.840. The lowest BCUT2D eigenvalue weighted by Gasteiger charge is -2.08. The van der Waals surface area contributed by atoms with E-state index in [0.717, 1.165) is 16.8 Å². The number of halogens is 1. The molecule has 1 heterocycles. The van der Waals surface area contributed by atoms with E-state index in [4.69, 9.17) is 0 Å². The van der Waals surface area contributed by atoms with E-state index >= 15 is 0 Å². The van der Waals surface area contributed by atoms with Crippen LogP contribution in [0, 0.1) is 12.7 Å². The molecule has 19 heavy (non-hydrogen) atoms. The number of hydrogen-bond donors (Lipinski definition) is 2. The second-order valence-corrected chi connectivity index (χ2v) is 5.25. The molecule has 0 saturated heterocycles. The molecular formula is C12H14BFN2O2S. The molecule has 0 saturated carbocycles. The molecule has 0 atom stereocenters. The van der Waals surface area contributed by atoms with Gasteiger partial charge in [-0.15, -0.1) is 11.8 Å². The molecule has 0 fully saturated rings. The minimum absolute atomic E-state index is 0.200. The largest absolute Gasteiger partial charge is 0.488 e. The summed E-state index contributed by atoms with van der Waals surface area (Å²) in [5, 5.41) is 23.7. The highest BCUT2D eigenvalue weighted by Gasteiger charge is 2.17. The smallest absolute Gasteiger partial charge is 0.423 e. The molecule has 1 aromatic carbocycles. The molecule has 1 aromatic heterocycles. The van der Waals surface area contributed by atoms with Gasteiger partial charge < -0.3 is 10.0 Å². The Labute approximate surface area is 115 Å². The van der Waals surface area contributed by atoms with E-state index < -0.39 is 12.9 Å². The third-order valence-corrected chi connectivity index (χ3v) is 3.85. The van der Waals surface area contributed by atoms with E-state index in [1.807, 2.05) is 20.0 Å². The molecule has 2 aromatic rings. The van der Waals surface area contributed by atoms with Gasteiger partial charge in [-0.2, -0.15) is 5.10 Å². The van der Waals surface area contributed by atoms with Gasteiger partial charge in [0.05, 0.1) is 10.7 Å². The summed E-state index contributed by atoms with van der Waals surface area (Å²) >= 11 is 1.51. The lowest BCUT2D eigenvalue weighted by atomic mass is 9.77. The number of hydrogen-bond acceptors (Lipinski definition) is 4. The van der Waals surface area contributed by atoms with Crippen LogP contribution in [-0.4, -0.2) is 26.9 Å². The molecule has 0 bridgehead atoms. The molecule has 4 nitrogen and oxygen atoms in total. The Hall–Kier alpha value is -1.31. The summed E-state index contributed by atoms with van der Waals surface area (Å²) < 4.78 is 14.9. The van der Waals surface area contributed by atoms with Gasteiger partial charge in [-0.25, -0.2) is 4.39 Å². The molecule has 2 N–H and O–H groups in total. The molecule has 0 aliphatic rings. The second kappa shape index (κ2) is 5.77. The maximum atomic E-state index is 13.1. The summed E-state index contributed by atoms with van der Waals surface area (Å²) in [6.45, 7) is 1.91. The van der Waals surface area contributed by atoms with Crippen LogP contribution in [0.1, 0.15) is 11.3 Å². The first-order valence-electron chi connectivity index (χ1n) is 5.75. The summed E-state index contributed by atoms with van der Waals surface area (Å²) in [6.07, 6.45) is 0. The first-order chi connectivity index (χ1) is 8.97. The van der Waals surface area contributed by atoms with Crippen molar-refractivity contribution in [1.82, 2.24) is 9.78 Å². The Morgan fingerprint density at radius 3 is 2.68 bits per heavy atom. The van der Waals surface area contributed by atoms with Gasteiger partial charge in [-0.1, -0.05) is 6.07 Å². The van der Waals surface area contributed by atoms with Crippen molar-refractivity contribution in [3.05, 3.63) is 41.3 Å². The van der Waals surface area contributed by atoms with Crippen LogP contribution in [0.4, 0.5) is 4.39 Å². The van der Waals surface area contributed by atoms with Gasteiger partial charge in [0.15, 0.2) is 0 Å². The molecule has 0 unspecified atom stereocenters. The van der Waals surface area contributed by atoms with E-state index in [0.29, 0.717) is 11.3 Å². The van der Waals surface area contributed by atoms with E-state index in [1.165, 1.54) is 17.8 Å². The van der Waals surface area contributed by atoms with Gasteiger partial charge >= 0.3 is 7.12 Å². The Bertz CT molecular complexity index is 589. The van der Waals surface area contributed by atoms with Crippen LogP contribution in [0.2, 0.25) is 0 Å². The summed E-state index contributed by atoms with van der Waals surface area (Å²) in [4.78, 5) is 0. The normalized spacial score (nSPS) is 10.8. The molecule has 0 spiro atoms. The highest BCUT2D eigenvalue weighted by atomic mass is 32.2. The molecule has 2 rings (SSSR count). The topological polar surface area (TPSA) is 58.3 Å². The lowest BCUT2D eigenvalue weighted by molar-refractivity contribution is 0.425. The first kappa shape index (κ1) is 14.1. The Balaban J connectivity index is 2.17. The van der Waals surface area contributed by atoms with Crippen LogP contribution < -0.4 is 5.46 Å². The minimum Gasteiger partial charge on any atom is -0.423 e. The predicted molar refractivity (Wildman–Crippen MR) is 73.7 cm³/mol. The molecule has 0 aliphatic heterocycles. The van der Waals surface area contributed by atoms with Crippen LogP contribution in [0.15, 0.2) is 29.3 Å². The Kier molecular flexibility index (Phi) is 4.29. The Morgan fingerprint density at radius 1 is 1.37 bits per heavy atom. The summed E-state index contributed by atoms with van der Waals surface area (Å²) in [6, 6.07) is 5.98. The summed E-state index contributed by atoms with van der Waals surface area (Å²) in [7, 11) is 0.182. The number of rotatable bonds is 4. The fourth-order valence-electron chi connectivity index (χ4n) is 1.81. The number of aryl methyl sites for hydroxylation is 2. The second-order valence-electron chi connectivity index (χ2n) is 4.25. The van der Waals surface area contributed by atoms with E-state index in [-0.39, 0.29) is 5.46 Å². The van der Waals surface area contributed by atoms with E-state index in [2.05, 4.69) is 5.10 Å².